The second-order valence-electron chi connectivity index (χ2n) is 11.8. The third-order valence-electron chi connectivity index (χ3n) is 8.20. The van der Waals surface area contributed by atoms with E-state index in [1.54, 1.807) is 13.8 Å². The van der Waals surface area contributed by atoms with E-state index in [-0.39, 0.29) is 47.5 Å². The Hall–Kier alpha value is -2.92. The lowest BCUT2D eigenvalue weighted by molar-refractivity contribution is -0.180. The number of pyridine rings is 1. The smallest absolute Gasteiger partial charge is 0.329 e. The number of hydrogen-bond acceptors (Lipinski definition) is 10. The van der Waals surface area contributed by atoms with Gasteiger partial charge in [-0.3, -0.25) is 9.59 Å². The summed E-state index contributed by atoms with van der Waals surface area (Å²) in [6, 6.07) is 0.623. The van der Waals surface area contributed by atoms with Crippen LogP contribution >= 0.6 is 0 Å². The molecule has 3 aliphatic rings. The molecule has 0 radical (unpaired) electrons. The molecule has 1 N–H and O–H groups in total. The van der Waals surface area contributed by atoms with Crippen molar-refractivity contribution in [2.45, 2.75) is 128 Å². The van der Waals surface area contributed by atoms with Crippen LogP contribution in [0, 0.1) is 5.92 Å². The number of cyclic esters (lactones) is 1. The maximum atomic E-state index is 13.4. The number of carbonyl (C=O) groups excluding carboxylic acids is 3. The van der Waals surface area contributed by atoms with Gasteiger partial charge in [0, 0.05) is 12.3 Å². The van der Waals surface area contributed by atoms with E-state index >= 15 is 0 Å². The molecule has 0 aromatic carbocycles. The highest BCUT2D eigenvalue weighted by Crippen LogP contribution is 2.32. The fourth-order valence-corrected chi connectivity index (χ4v) is 5.87. The number of methoxy groups -OCH3 is 1. The summed E-state index contributed by atoms with van der Waals surface area (Å²) in [7, 11) is 1.43. The lowest BCUT2D eigenvalue weighted by Gasteiger charge is -2.34. The predicted octanol–water partition coefficient (Wildman–Crippen LogP) is 4.50. The van der Waals surface area contributed by atoms with Gasteiger partial charge >= 0.3 is 11.9 Å². The van der Waals surface area contributed by atoms with Gasteiger partial charge in [-0.05, 0) is 51.9 Å². The number of nitrogens with one attached hydrogen (secondary N) is 1. The molecule has 1 amide bonds. The highest BCUT2D eigenvalue weighted by molar-refractivity contribution is 5.98. The van der Waals surface area contributed by atoms with Gasteiger partial charge in [-0.1, -0.05) is 39.5 Å². The van der Waals surface area contributed by atoms with Crippen molar-refractivity contribution >= 4 is 17.8 Å². The molecule has 4 unspecified atom stereocenters. The third kappa shape index (κ3) is 8.56. The molecule has 0 spiro atoms. The zero-order valence-electron chi connectivity index (χ0n) is 25.3. The van der Waals surface area contributed by atoms with Gasteiger partial charge in [0.15, 0.2) is 17.2 Å². The molecule has 4 rings (SSSR count). The summed E-state index contributed by atoms with van der Waals surface area (Å²) < 4.78 is 35.1. The summed E-state index contributed by atoms with van der Waals surface area (Å²) in [4.78, 5) is 42.9. The van der Waals surface area contributed by atoms with Crippen LogP contribution in [-0.4, -0.2) is 73.3 Å². The summed E-state index contributed by atoms with van der Waals surface area (Å²) in [5.74, 6) is -1.71. The number of nitrogens with zero attached hydrogens (tertiary/aromatic N) is 1. The number of aromatic nitrogens is 1. The Bertz CT molecular complexity index is 1050. The number of rotatable bonds is 11. The maximum Gasteiger partial charge on any atom is 0.329 e. The normalized spacial score (nSPS) is 25.8. The van der Waals surface area contributed by atoms with Crippen LogP contribution in [-0.2, 0) is 28.5 Å². The molecule has 4 atom stereocenters. The predicted molar refractivity (Wildman–Crippen MR) is 152 cm³/mol. The quantitative estimate of drug-likeness (QED) is 0.290. The van der Waals surface area contributed by atoms with E-state index in [0.29, 0.717) is 19.3 Å². The minimum absolute atomic E-state index is 0.00825. The van der Waals surface area contributed by atoms with Gasteiger partial charge in [0.1, 0.15) is 18.2 Å². The number of hydrogen-bond donors (Lipinski definition) is 1. The Morgan fingerprint density at radius 1 is 1.00 bits per heavy atom. The highest BCUT2D eigenvalue weighted by Gasteiger charge is 2.39. The van der Waals surface area contributed by atoms with Crippen LogP contribution in [0.1, 0.15) is 102 Å². The van der Waals surface area contributed by atoms with E-state index in [2.05, 4.69) is 10.3 Å². The third-order valence-corrected chi connectivity index (χ3v) is 8.20. The first-order valence-corrected chi connectivity index (χ1v) is 15.4. The first-order chi connectivity index (χ1) is 20.3. The molecule has 1 aromatic rings. The average Bonchev–Trinajstić information content (AvgIpc) is 3.69. The molecular formula is C31H46N2O9. The van der Waals surface area contributed by atoms with Crippen LogP contribution in [0.25, 0.3) is 0 Å². The van der Waals surface area contributed by atoms with E-state index in [9.17, 15) is 14.4 Å². The van der Waals surface area contributed by atoms with Crippen molar-refractivity contribution in [3.05, 3.63) is 18.0 Å². The molecule has 11 heteroatoms. The summed E-state index contributed by atoms with van der Waals surface area (Å²) >= 11 is 0. The van der Waals surface area contributed by atoms with Crippen molar-refractivity contribution in [1.82, 2.24) is 10.3 Å². The number of ether oxygens (including phenoxy) is 6. The van der Waals surface area contributed by atoms with Crippen molar-refractivity contribution in [2.75, 3.05) is 13.9 Å². The van der Waals surface area contributed by atoms with Crippen LogP contribution in [0.3, 0.4) is 0 Å². The molecule has 3 fully saturated rings. The molecule has 0 bridgehead atoms. The topological polar surface area (TPSA) is 132 Å². The van der Waals surface area contributed by atoms with E-state index in [1.807, 2.05) is 6.92 Å². The standard InChI is InChI=1S/C31H46N2O9/c1-19(2)30(35)39-18-38-28-24(37-4)16-17-32-26(28)29(34)33-23-14-9-15-25(41-21-10-5-6-11-21)27(20(3)40-31(23)36)42-22-12-7-8-13-22/h16-17,19-23,25,27H,5-15,18H2,1-4H3,(H,33,34). The van der Waals surface area contributed by atoms with Crippen molar-refractivity contribution in [1.29, 1.82) is 0 Å². The molecule has 11 nitrogen and oxygen atoms in total. The molecule has 42 heavy (non-hydrogen) atoms. The summed E-state index contributed by atoms with van der Waals surface area (Å²) in [6.45, 7) is 4.83. The summed E-state index contributed by atoms with van der Waals surface area (Å²) in [6.07, 6.45) is 11.0. The Morgan fingerprint density at radius 3 is 2.31 bits per heavy atom. The van der Waals surface area contributed by atoms with E-state index in [4.69, 9.17) is 28.4 Å². The second-order valence-corrected chi connectivity index (χ2v) is 11.8. The van der Waals surface area contributed by atoms with Crippen molar-refractivity contribution in [3.8, 4) is 11.5 Å². The van der Waals surface area contributed by atoms with Crippen LogP contribution in [0.4, 0.5) is 0 Å². The van der Waals surface area contributed by atoms with Crippen molar-refractivity contribution in [3.63, 3.8) is 0 Å². The van der Waals surface area contributed by atoms with E-state index < -0.39 is 36.8 Å². The number of esters is 2. The van der Waals surface area contributed by atoms with Crippen LogP contribution < -0.4 is 14.8 Å². The largest absolute Gasteiger partial charge is 0.493 e. The molecular weight excluding hydrogens is 544 g/mol. The molecule has 2 aliphatic carbocycles. The van der Waals surface area contributed by atoms with Gasteiger partial charge in [-0.15, -0.1) is 0 Å². The zero-order valence-corrected chi connectivity index (χ0v) is 25.3. The zero-order chi connectivity index (χ0) is 30.1. The fourth-order valence-electron chi connectivity index (χ4n) is 5.87. The summed E-state index contributed by atoms with van der Waals surface area (Å²) in [5.41, 5.74) is -0.0967. The monoisotopic (exact) mass is 590 g/mol. The van der Waals surface area contributed by atoms with Crippen molar-refractivity contribution in [2.24, 2.45) is 5.92 Å². The van der Waals surface area contributed by atoms with Gasteiger partial charge in [-0.2, -0.15) is 0 Å². The SMILES string of the molecule is COc1ccnc(C(=O)NC2CCCC(OC3CCCC3)C(OC3CCCC3)C(C)OC2=O)c1OCOC(=O)C(C)C. The van der Waals surface area contributed by atoms with E-state index in [0.717, 1.165) is 51.4 Å². The number of carbonyl (C=O) groups is 3. The molecule has 2 saturated carbocycles. The minimum atomic E-state index is -0.906. The molecule has 1 saturated heterocycles. The Morgan fingerprint density at radius 2 is 1.67 bits per heavy atom. The second kappa shape index (κ2) is 15.5. The Labute approximate surface area is 248 Å². The van der Waals surface area contributed by atoms with Gasteiger partial charge in [0.2, 0.25) is 6.79 Å². The lowest BCUT2D eigenvalue weighted by atomic mass is 10.0. The summed E-state index contributed by atoms with van der Waals surface area (Å²) in [5, 5.41) is 2.79. The molecule has 234 valence electrons. The average molecular weight is 591 g/mol. The minimum Gasteiger partial charge on any atom is -0.493 e. The fraction of sp³-hybridized carbons (Fsp3) is 0.742. The van der Waals surface area contributed by atoms with Crippen LogP contribution in [0.15, 0.2) is 12.3 Å². The molecule has 1 aromatic heterocycles. The van der Waals surface area contributed by atoms with Gasteiger partial charge in [0.05, 0.1) is 31.3 Å². The van der Waals surface area contributed by atoms with Gasteiger partial charge in [0.25, 0.3) is 5.91 Å². The first-order valence-electron chi connectivity index (χ1n) is 15.4. The van der Waals surface area contributed by atoms with Crippen LogP contribution in [0.5, 0.6) is 11.5 Å². The number of amides is 1. The van der Waals surface area contributed by atoms with Gasteiger partial charge in [-0.25, -0.2) is 9.78 Å². The Kier molecular flexibility index (Phi) is 11.8. The highest BCUT2D eigenvalue weighted by atomic mass is 16.7. The van der Waals surface area contributed by atoms with E-state index in [1.165, 1.54) is 19.4 Å². The van der Waals surface area contributed by atoms with Gasteiger partial charge < -0.3 is 33.7 Å². The Balaban J connectivity index is 1.47. The molecule has 1 aliphatic heterocycles. The lowest BCUT2D eigenvalue weighted by Crippen LogP contribution is -2.47. The maximum absolute atomic E-state index is 13.4. The van der Waals surface area contributed by atoms with Crippen molar-refractivity contribution < 1.29 is 42.8 Å². The molecule has 2 heterocycles. The first kappa shape index (κ1) is 32.0. The van der Waals surface area contributed by atoms with Crippen LogP contribution in [0.2, 0.25) is 0 Å².